The Hall–Kier alpha value is -1.51. The summed E-state index contributed by atoms with van der Waals surface area (Å²) in [5.41, 5.74) is 0.635. The van der Waals surface area contributed by atoms with Gasteiger partial charge >= 0.3 is 0 Å². The van der Waals surface area contributed by atoms with Crippen molar-refractivity contribution in [3.8, 4) is 5.75 Å². The van der Waals surface area contributed by atoms with Crippen LogP contribution in [0.15, 0.2) is 24.3 Å². The largest absolute Gasteiger partial charge is 0.508 e. The molecule has 0 spiro atoms. The van der Waals surface area contributed by atoms with Crippen molar-refractivity contribution in [2.24, 2.45) is 5.92 Å². The maximum absolute atomic E-state index is 11.3. The van der Waals surface area contributed by atoms with Gasteiger partial charge < -0.3 is 10.4 Å². The van der Waals surface area contributed by atoms with E-state index in [9.17, 15) is 4.79 Å². The number of phenols is 1. The Kier molecular flexibility index (Phi) is 3.51. The number of rotatable bonds is 3. The van der Waals surface area contributed by atoms with Gasteiger partial charge in [0.15, 0.2) is 0 Å². The molecule has 1 rings (SSSR count). The minimum atomic E-state index is -0.0226. The lowest BCUT2D eigenvalue weighted by molar-refractivity contribution is -0.116. The average molecular weight is 193 g/mol. The zero-order chi connectivity index (χ0) is 10.6. The van der Waals surface area contributed by atoms with E-state index in [0.29, 0.717) is 18.0 Å². The van der Waals surface area contributed by atoms with Gasteiger partial charge in [-0.15, -0.1) is 0 Å². The Morgan fingerprint density at radius 2 is 2.21 bits per heavy atom. The van der Waals surface area contributed by atoms with Crippen LogP contribution in [0.1, 0.15) is 20.3 Å². The molecule has 3 heteroatoms. The van der Waals surface area contributed by atoms with Gasteiger partial charge in [0.2, 0.25) is 5.91 Å². The molecule has 1 aromatic rings. The predicted octanol–water partition coefficient (Wildman–Crippen LogP) is 2.38. The summed E-state index contributed by atoms with van der Waals surface area (Å²) in [5, 5.41) is 11.9. The summed E-state index contributed by atoms with van der Waals surface area (Å²) >= 11 is 0. The number of nitrogens with one attached hydrogen (secondary N) is 1. The number of carbonyl (C=O) groups is 1. The summed E-state index contributed by atoms with van der Waals surface area (Å²) in [6, 6.07) is 6.54. The summed E-state index contributed by atoms with van der Waals surface area (Å²) in [6.45, 7) is 3.98. The summed E-state index contributed by atoms with van der Waals surface area (Å²) in [7, 11) is 0. The molecule has 0 aliphatic heterocycles. The van der Waals surface area contributed by atoms with Gasteiger partial charge in [-0.25, -0.2) is 0 Å². The van der Waals surface area contributed by atoms with E-state index in [1.807, 2.05) is 13.8 Å². The van der Waals surface area contributed by atoms with Crippen molar-refractivity contribution in [2.45, 2.75) is 20.3 Å². The number of hydrogen-bond acceptors (Lipinski definition) is 2. The molecule has 0 unspecified atom stereocenters. The number of carbonyl (C=O) groups excluding carboxylic acids is 1. The van der Waals surface area contributed by atoms with Crippen molar-refractivity contribution in [1.82, 2.24) is 0 Å². The third-order valence-corrected chi connectivity index (χ3v) is 1.72. The second-order valence-electron chi connectivity index (χ2n) is 3.70. The van der Waals surface area contributed by atoms with Crippen molar-refractivity contribution >= 4 is 11.6 Å². The topological polar surface area (TPSA) is 49.3 Å². The fourth-order valence-corrected chi connectivity index (χ4v) is 1.17. The first-order valence-corrected chi connectivity index (χ1v) is 4.67. The molecule has 1 amide bonds. The first-order valence-electron chi connectivity index (χ1n) is 4.67. The van der Waals surface area contributed by atoms with Gasteiger partial charge in [-0.2, -0.15) is 0 Å². The summed E-state index contributed by atoms with van der Waals surface area (Å²) in [4.78, 5) is 11.3. The molecule has 76 valence electrons. The molecule has 0 aliphatic rings. The highest BCUT2D eigenvalue weighted by molar-refractivity contribution is 5.90. The molecule has 0 atom stereocenters. The van der Waals surface area contributed by atoms with Crippen molar-refractivity contribution < 1.29 is 9.90 Å². The van der Waals surface area contributed by atoms with Gasteiger partial charge in [-0.1, -0.05) is 19.9 Å². The standard InChI is InChI=1S/C11H15NO2/c1-8(2)6-11(14)12-9-4-3-5-10(13)7-9/h3-5,7-8,13H,6H2,1-2H3,(H,12,14). The molecule has 1 aromatic carbocycles. The molecular weight excluding hydrogens is 178 g/mol. The van der Waals surface area contributed by atoms with Crippen molar-refractivity contribution in [2.75, 3.05) is 5.32 Å². The fraction of sp³-hybridized carbons (Fsp3) is 0.364. The van der Waals surface area contributed by atoms with Crippen LogP contribution >= 0.6 is 0 Å². The highest BCUT2D eigenvalue weighted by Gasteiger charge is 2.04. The quantitative estimate of drug-likeness (QED) is 0.774. The maximum atomic E-state index is 11.3. The second kappa shape index (κ2) is 4.65. The Labute approximate surface area is 83.8 Å². The van der Waals surface area contributed by atoms with Gasteiger partial charge in [-0.3, -0.25) is 4.79 Å². The molecule has 0 aliphatic carbocycles. The lowest BCUT2D eigenvalue weighted by Gasteiger charge is -2.06. The van der Waals surface area contributed by atoms with Crippen molar-refractivity contribution in [3.05, 3.63) is 24.3 Å². The predicted molar refractivity (Wildman–Crippen MR) is 56.2 cm³/mol. The normalized spacial score (nSPS) is 10.2. The molecule has 2 N–H and O–H groups in total. The van der Waals surface area contributed by atoms with E-state index in [0.717, 1.165) is 0 Å². The molecule has 0 aromatic heterocycles. The average Bonchev–Trinajstić information content (AvgIpc) is 2.01. The van der Waals surface area contributed by atoms with Gasteiger partial charge in [0.25, 0.3) is 0 Å². The summed E-state index contributed by atoms with van der Waals surface area (Å²) in [5.74, 6) is 0.477. The smallest absolute Gasteiger partial charge is 0.224 e. The number of anilines is 1. The van der Waals surface area contributed by atoms with E-state index in [4.69, 9.17) is 5.11 Å². The van der Waals surface area contributed by atoms with Gasteiger partial charge in [0, 0.05) is 18.2 Å². The molecule has 0 radical (unpaired) electrons. The number of amides is 1. The maximum Gasteiger partial charge on any atom is 0.224 e. The number of benzene rings is 1. The van der Waals surface area contributed by atoms with Crippen LogP contribution in [-0.4, -0.2) is 11.0 Å². The first kappa shape index (κ1) is 10.6. The van der Waals surface area contributed by atoms with Crippen LogP contribution in [0, 0.1) is 5.92 Å². The highest BCUT2D eigenvalue weighted by atomic mass is 16.3. The van der Waals surface area contributed by atoms with Crippen LogP contribution in [0.3, 0.4) is 0 Å². The monoisotopic (exact) mass is 193 g/mol. The van der Waals surface area contributed by atoms with Crippen molar-refractivity contribution in [3.63, 3.8) is 0 Å². The van der Waals surface area contributed by atoms with E-state index < -0.39 is 0 Å². The van der Waals surface area contributed by atoms with E-state index in [1.165, 1.54) is 6.07 Å². The minimum Gasteiger partial charge on any atom is -0.508 e. The molecule has 14 heavy (non-hydrogen) atoms. The zero-order valence-electron chi connectivity index (χ0n) is 8.45. The molecule has 0 fully saturated rings. The molecule has 3 nitrogen and oxygen atoms in total. The first-order chi connectivity index (χ1) is 6.58. The highest BCUT2D eigenvalue weighted by Crippen LogP contribution is 2.15. The van der Waals surface area contributed by atoms with Crippen LogP contribution in [-0.2, 0) is 4.79 Å². The fourth-order valence-electron chi connectivity index (χ4n) is 1.17. The Morgan fingerprint density at radius 1 is 1.50 bits per heavy atom. The molecular formula is C11H15NO2. The van der Waals surface area contributed by atoms with Crippen LogP contribution in [0.2, 0.25) is 0 Å². The van der Waals surface area contributed by atoms with Crippen LogP contribution in [0.5, 0.6) is 5.75 Å². The van der Waals surface area contributed by atoms with Crippen molar-refractivity contribution in [1.29, 1.82) is 0 Å². The third-order valence-electron chi connectivity index (χ3n) is 1.72. The summed E-state index contributed by atoms with van der Waals surface area (Å²) < 4.78 is 0. The van der Waals surface area contributed by atoms with Crippen LogP contribution < -0.4 is 5.32 Å². The Balaban J connectivity index is 2.56. The number of aromatic hydroxyl groups is 1. The lowest BCUT2D eigenvalue weighted by Crippen LogP contribution is -2.13. The van der Waals surface area contributed by atoms with Gasteiger partial charge in [0.1, 0.15) is 5.75 Å². The van der Waals surface area contributed by atoms with E-state index >= 15 is 0 Å². The molecule has 0 saturated carbocycles. The molecule has 0 saturated heterocycles. The zero-order valence-corrected chi connectivity index (χ0v) is 8.45. The Bertz CT molecular complexity index is 321. The van der Waals surface area contributed by atoms with E-state index in [-0.39, 0.29) is 11.7 Å². The molecule has 0 bridgehead atoms. The summed E-state index contributed by atoms with van der Waals surface area (Å²) in [6.07, 6.45) is 0.496. The van der Waals surface area contributed by atoms with E-state index in [2.05, 4.69) is 5.32 Å². The van der Waals surface area contributed by atoms with Gasteiger partial charge in [-0.05, 0) is 18.1 Å². The van der Waals surface area contributed by atoms with E-state index in [1.54, 1.807) is 18.2 Å². The SMILES string of the molecule is CC(C)CC(=O)Nc1cccc(O)c1. The number of phenolic OH excluding ortho intramolecular Hbond substituents is 1. The van der Waals surface area contributed by atoms with Gasteiger partial charge in [0.05, 0.1) is 0 Å². The number of hydrogen-bond donors (Lipinski definition) is 2. The molecule has 0 heterocycles. The second-order valence-corrected chi connectivity index (χ2v) is 3.70. The Morgan fingerprint density at radius 3 is 2.79 bits per heavy atom. The minimum absolute atomic E-state index is 0.0226. The lowest BCUT2D eigenvalue weighted by atomic mass is 10.1. The van der Waals surface area contributed by atoms with Crippen LogP contribution in [0.4, 0.5) is 5.69 Å². The third kappa shape index (κ3) is 3.47. The van der Waals surface area contributed by atoms with Crippen LogP contribution in [0.25, 0.3) is 0 Å².